The number of aromatic amines is 1. The van der Waals surface area contributed by atoms with Gasteiger partial charge < -0.3 is 4.90 Å². The van der Waals surface area contributed by atoms with Crippen molar-refractivity contribution in [2.45, 2.75) is 38.6 Å². The van der Waals surface area contributed by atoms with E-state index in [-0.39, 0.29) is 0 Å². The van der Waals surface area contributed by atoms with Gasteiger partial charge in [-0.05, 0) is 30.7 Å². The third-order valence-electron chi connectivity index (χ3n) is 4.35. The lowest BCUT2D eigenvalue weighted by molar-refractivity contribution is 0.470. The Labute approximate surface area is 133 Å². The van der Waals surface area contributed by atoms with Gasteiger partial charge in [0.05, 0.1) is 17.6 Å². The summed E-state index contributed by atoms with van der Waals surface area (Å²) in [5.74, 6) is 2.02. The highest BCUT2D eigenvalue weighted by Crippen LogP contribution is 2.37. The largest absolute Gasteiger partial charge is 0.349 e. The minimum Gasteiger partial charge on any atom is -0.349 e. The Hall–Kier alpha value is -1.95. The van der Waals surface area contributed by atoms with Crippen molar-refractivity contribution in [1.29, 1.82) is 0 Å². The zero-order valence-electron chi connectivity index (χ0n) is 12.6. The maximum atomic E-state index is 4.87. The summed E-state index contributed by atoms with van der Waals surface area (Å²) in [5, 5.41) is 10.4. The van der Waals surface area contributed by atoms with E-state index in [1.807, 2.05) is 12.4 Å². The van der Waals surface area contributed by atoms with Gasteiger partial charge in [0.25, 0.3) is 0 Å². The summed E-state index contributed by atoms with van der Waals surface area (Å²) in [6.07, 6.45) is 8.43. The number of hydrogen-bond acceptors (Lipinski definition) is 5. The molecule has 114 valence electrons. The van der Waals surface area contributed by atoms with E-state index in [0.717, 1.165) is 35.9 Å². The number of thiophene rings is 1. The van der Waals surface area contributed by atoms with Gasteiger partial charge in [0, 0.05) is 24.7 Å². The number of piperidine rings is 1. The molecule has 1 fully saturated rings. The highest BCUT2D eigenvalue weighted by Gasteiger charge is 2.27. The molecule has 1 aliphatic heterocycles. The predicted molar refractivity (Wildman–Crippen MR) is 89.3 cm³/mol. The molecule has 4 rings (SSSR count). The molecule has 0 amide bonds. The monoisotopic (exact) mass is 313 g/mol. The third-order valence-corrected chi connectivity index (χ3v) is 5.15. The number of nitrogens with one attached hydrogen (secondary N) is 1. The van der Waals surface area contributed by atoms with Crippen molar-refractivity contribution in [2.75, 3.05) is 11.4 Å². The number of fused-ring (bicyclic) bond motifs is 1. The fourth-order valence-corrected chi connectivity index (χ4v) is 4.01. The Balaban J connectivity index is 1.83. The van der Waals surface area contributed by atoms with Crippen LogP contribution in [0.2, 0.25) is 0 Å². The van der Waals surface area contributed by atoms with Crippen LogP contribution in [0.5, 0.6) is 0 Å². The summed E-state index contributed by atoms with van der Waals surface area (Å²) in [7, 11) is 0. The maximum Gasteiger partial charge on any atom is 0.141 e. The van der Waals surface area contributed by atoms with Crippen molar-refractivity contribution in [1.82, 2.24) is 20.2 Å². The summed E-state index contributed by atoms with van der Waals surface area (Å²) in [6, 6.07) is 2.51. The Bertz CT molecular complexity index is 764. The standard InChI is InChI=1S/C16H19N5S/c1-2-14-19-15(12-6-8-22-16(12)20-14)21-7-4-3-5-13(21)11-9-17-18-10-11/h6,8-10,13H,2-5,7H2,1H3,(H,17,18). The normalized spacial score (nSPS) is 19.0. The first-order valence-corrected chi connectivity index (χ1v) is 8.74. The number of anilines is 1. The van der Waals surface area contributed by atoms with E-state index >= 15 is 0 Å². The number of H-pyrrole nitrogens is 1. The zero-order chi connectivity index (χ0) is 14.9. The fraction of sp³-hybridized carbons (Fsp3) is 0.438. The molecule has 0 radical (unpaired) electrons. The van der Waals surface area contributed by atoms with Crippen LogP contribution in [0.3, 0.4) is 0 Å². The minimum atomic E-state index is 0.357. The quantitative estimate of drug-likeness (QED) is 0.801. The molecule has 6 heteroatoms. The molecule has 0 saturated carbocycles. The summed E-state index contributed by atoms with van der Waals surface area (Å²) in [5.41, 5.74) is 1.25. The highest BCUT2D eigenvalue weighted by molar-refractivity contribution is 7.16. The van der Waals surface area contributed by atoms with Gasteiger partial charge in [-0.1, -0.05) is 6.92 Å². The van der Waals surface area contributed by atoms with Gasteiger partial charge in [0.2, 0.25) is 0 Å². The van der Waals surface area contributed by atoms with Crippen LogP contribution >= 0.6 is 11.3 Å². The molecule has 22 heavy (non-hydrogen) atoms. The predicted octanol–water partition coefficient (Wildman–Crippen LogP) is 3.71. The van der Waals surface area contributed by atoms with E-state index in [2.05, 4.69) is 38.5 Å². The zero-order valence-corrected chi connectivity index (χ0v) is 13.4. The minimum absolute atomic E-state index is 0.357. The lowest BCUT2D eigenvalue weighted by Crippen LogP contribution is -2.34. The van der Waals surface area contributed by atoms with Crippen molar-refractivity contribution in [2.24, 2.45) is 0 Å². The molecule has 1 atom stereocenters. The highest BCUT2D eigenvalue weighted by atomic mass is 32.1. The van der Waals surface area contributed by atoms with E-state index < -0.39 is 0 Å². The Kier molecular flexibility index (Phi) is 3.54. The van der Waals surface area contributed by atoms with Gasteiger partial charge in [-0.2, -0.15) is 5.10 Å². The van der Waals surface area contributed by atoms with Gasteiger partial charge in [-0.25, -0.2) is 9.97 Å². The van der Waals surface area contributed by atoms with Gasteiger partial charge in [-0.3, -0.25) is 5.10 Å². The molecule has 1 saturated heterocycles. The average molecular weight is 313 g/mol. The first kappa shape index (κ1) is 13.7. The smallest absolute Gasteiger partial charge is 0.141 e. The first-order chi connectivity index (χ1) is 10.9. The summed E-state index contributed by atoms with van der Waals surface area (Å²) >= 11 is 1.70. The van der Waals surface area contributed by atoms with Crippen molar-refractivity contribution >= 4 is 27.4 Å². The van der Waals surface area contributed by atoms with Crippen LogP contribution < -0.4 is 4.90 Å². The van der Waals surface area contributed by atoms with Gasteiger partial charge in [0.1, 0.15) is 16.5 Å². The molecule has 0 aliphatic carbocycles. The molecule has 0 aromatic carbocycles. The molecule has 4 heterocycles. The van der Waals surface area contributed by atoms with Crippen LogP contribution in [0.25, 0.3) is 10.2 Å². The molecule has 1 unspecified atom stereocenters. The third kappa shape index (κ3) is 2.27. The first-order valence-electron chi connectivity index (χ1n) is 7.86. The number of rotatable bonds is 3. The summed E-state index contributed by atoms with van der Waals surface area (Å²) in [6.45, 7) is 3.16. The van der Waals surface area contributed by atoms with Crippen LogP contribution in [0, 0.1) is 0 Å². The second kappa shape index (κ2) is 5.68. The second-order valence-electron chi connectivity index (χ2n) is 5.69. The van der Waals surface area contributed by atoms with Crippen LogP contribution in [0.1, 0.15) is 43.6 Å². The molecule has 1 N–H and O–H groups in total. The van der Waals surface area contributed by atoms with Crippen molar-refractivity contribution in [3.05, 3.63) is 35.2 Å². The Morgan fingerprint density at radius 2 is 2.32 bits per heavy atom. The van der Waals surface area contributed by atoms with Crippen molar-refractivity contribution < 1.29 is 0 Å². The van der Waals surface area contributed by atoms with Gasteiger partial charge in [-0.15, -0.1) is 11.3 Å². The molecule has 0 spiro atoms. The van der Waals surface area contributed by atoms with E-state index in [9.17, 15) is 0 Å². The van der Waals surface area contributed by atoms with Crippen LogP contribution in [-0.4, -0.2) is 26.7 Å². The van der Waals surface area contributed by atoms with Crippen LogP contribution in [0.15, 0.2) is 23.8 Å². The SMILES string of the molecule is CCc1nc(N2CCCCC2c2cn[nH]c2)c2ccsc2n1. The number of nitrogens with zero attached hydrogens (tertiary/aromatic N) is 4. The van der Waals surface area contributed by atoms with E-state index in [4.69, 9.17) is 4.98 Å². The fourth-order valence-electron chi connectivity index (χ4n) is 3.23. The average Bonchev–Trinajstić information content (AvgIpc) is 3.25. The van der Waals surface area contributed by atoms with Crippen molar-refractivity contribution in [3.8, 4) is 0 Å². The Morgan fingerprint density at radius 1 is 1.36 bits per heavy atom. The number of hydrogen-bond donors (Lipinski definition) is 1. The maximum absolute atomic E-state index is 4.87. The van der Waals surface area contributed by atoms with Gasteiger partial charge >= 0.3 is 0 Å². The molecule has 1 aliphatic rings. The molecule has 3 aromatic rings. The van der Waals surface area contributed by atoms with Crippen molar-refractivity contribution in [3.63, 3.8) is 0 Å². The number of aryl methyl sites for hydroxylation is 1. The van der Waals surface area contributed by atoms with Crippen LogP contribution in [0.4, 0.5) is 5.82 Å². The summed E-state index contributed by atoms with van der Waals surface area (Å²) < 4.78 is 0. The van der Waals surface area contributed by atoms with E-state index in [0.29, 0.717) is 6.04 Å². The molecule has 3 aromatic heterocycles. The summed E-state index contributed by atoms with van der Waals surface area (Å²) in [4.78, 5) is 13.1. The molecule has 0 bridgehead atoms. The second-order valence-corrected chi connectivity index (χ2v) is 6.59. The lowest BCUT2D eigenvalue weighted by atomic mass is 9.97. The molecular weight excluding hydrogens is 294 g/mol. The van der Waals surface area contributed by atoms with E-state index in [1.54, 1.807) is 11.3 Å². The van der Waals surface area contributed by atoms with Gasteiger partial charge in [0.15, 0.2) is 0 Å². The Morgan fingerprint density at radius 3 is 3.14 bits per heavy atom. The topological polar surface area (TPSA) is 57.7 Å². The molecule has 5 nitrogen and oxygen atoms in total. The lowest BCUT2D eigenvalue weighted by Gasteiger charge is -2.36. The molecular formula is C16H19N5S. The van der Waals surface area contributed by atoms with E-state index in [1.165, 1.54) is 23.8 Å². The van der Waals surface area contributed by atoms with Crippen LogP contribution in [-0.2, 0) is 6.42 Å². The number of aromatic nitrogens is 4.